The predicted molar refractivity (Wildman–Crippen MR) is 155 cm³/mol. The smallest absolute Gasteiger partial charge is 0.412 e. The second-order valence-electron chi connectivity index (χ2n) is 9.29. The second kappa shape index (κ2) is 12.4. The third-order valence-corrected chi connectivity index (χ3v) is 7.11. The molecule has 2 atom stereocenters. The first-order valence-electron chi connectivity index (χ1n) is 13.1. The number of hydrogen-bond acceptors (Lipinski definition) is 13. The third-order valence-electron chi connectivity index (χ3n) is 6.11. The SMILES string of the molecule is CCOc1cnc2c(-c3nc4cc(F)c(O[C@@H](C)[C@@H](C)OC(=O)Nc5cnc(C(=O)OC)nc5)nc4s3)cc(C)cc2n1. The minimum Gasteiger partial charge on any atom is -0.477 e. The number of pyridine rings is 1. The molecular formula is C28H26FN7O6S. The van der Waals surface area contributed by atoms with Crippen molar-refractivity contribution in [1.29, 1.82) is 0 Å². The molecule has 15 heteroatoms. The number of methoxy groups -OCH3 is 1. The quantitative estimate of drug-likeness (QED) is 0.220. The first-order chi connectivity index (χ1) is 20.6. The van der Waals surface area contributed by atoms with Crippen molar-refractivity contribution in [2.45, 2.75) is 39.9 Å². The summed E-state index contributed by atoms with van der Waals surface area (Å²) in [6.45, 7) is 7.48. The molecule has 0 saturated carbocycles. The first kappa shape index (κ1) is 29.4. The van der Waals surface area contributed by atoms with E-state index < -0.39 is 30.1 Å². The number of fused-ring (bicyclic) bond motifs is 2. The summed E-state index contributed by atoms with van der Waals surface area (Å²) in [6.07, 6.45) is 1.62. The maximum atomic E-state index is 15.0. The average molecular weight is 608 g/mol. The lowest BCUT2D eigenvalue weighted by atomic mass is 10.1. The standard InChI is InChI=1S/C28H26FN7O6S/c1-6-40-21-12-30-22-17(7-13(2)8-19(22)34-21)25-35-20-9-18(29)24(36-26(20)43-25)41-14(3)15(4)42-28(38)33-16-10-31-23(32-11-16)27(37)39-5/h7-12,14-15H,6H2,1-5H3,(H,33,38)/t14-,15+/m0/s1. The Morgan fingerprint density at radius 3 is 2.49 bits per heavy atom. The number of ether oxygens (including phenoxy) is 4. The largest absolute Gasteiger partial charge is 0.477 e. The average Bonchev–Trinajstić information content (AvgIpc) is 3.39. The zero-order valence-electron chi connectivity index (χ0n) is 23.7. The fourth-order valence-electron chi connectivity index (χ4n) is 3.92. The van der Waals surface area contributed by atoms with Crippen LogP contribution in [0.15, 0.2) is 36.8 Å². The molecule has 5 rings (SSSR count). The maximum Gasteiger partial charge on any atom is 0.412 e. The van der Waals surface area contributed by atoms with Crippen LogP contribution in [0.4, 0.5) is 14.9 Å². The second-order valence-corrected chi connectivity index (χ2v) is 10.3. The predicted octanol–water partition coefficient (Wildman–Crippen LogP) is 5.13. The number of rotatable bonds is 9. The molecule has 0 saturated heterocycles. The summed E-state index contributed by atoms with van der Waals surface area (Å²) in [5, 5.41) is 3.04. The van der Waals surface area contributed by atoms with E-state index >= 15 is 4.39 Å². The Morgan fingerprint density at radius 2 is 1.77 bits per heavy atom. The van der Waals surface area contributed by atoms with Crippen LogP contribution in [0.1, 0.15) is 37.0 Å². The van der Waals surface area contributed by atoms with Crippen LogP contribution in [0.25, 0.3) is 32.0 Å². The molecular weight excluding hydrogens is 581 g/mol. The Labute approximate surface area is 248 Å². The Morgan fingerprint density at radius 1 is 1.00 bits per heavy atom. The van der Waals surface area contributed by atoms with E-state index in [1.807, 2.05) is 26.0 Å². The van der Waals surface area contributed by atoms with Crippen LogP contribution in [-0.2, 0) is 9.47 Å². The van der Waals surface area contributed by atoms with Crippen molar-refractivity contribution in [3.05, 3.63) is 54.0 Å². The van der Waals surface area contributed by atoms with Gasteiger partial charge in [-0.05, 0) is 45.4 Å². The summed E-state index contributed by atoms with van der Waals surface area (Å²) in [4.78, 5) is 49.9. The molecule has 5 aromatic rings. The summed E-state index contributed by atoms with van der Waals surface area (Å²) >= 11 is 1.26. The third kappa shape index (κ3) is 6.56. The Balaban J connectivity index is 1.30. The van der Waals surface area contributed by atoms with Crippen molar-refractivity contribution in [3.63, 3.8) is 0 Å². The van der Waals surface area contributed by atoms with Gasteiger partial charge < -0.3 is 18.9 Å². The molecule has 0 fully saturated rings. The number of carbonyl (C=O) groups is 2. The van der Waals surface area contributed by atoms with Crippen LogP contribution < -0.4 is 14.8 Å². The summed E-state index contributed by atoms with van der Waals surface area (Å²) in [5.41, 5.74) is 3.53. The summed E-state index contributed by atoms with van der Waals surface area (Å²) < 4.78 is 36.1. The lowest BCUT2D eigenvalue weighted by Crippen LogP contribution is -2.33. The van der Waals surface area contributed by atoms with Gasteiger partial charge in [0.05, 0.1) is 49.0 Å². The van der Waals surface area contributed by atoms with Crippen LogP contribution in [0.2, 0.25) is 0 Å². The van der Waals surface area contributed by atoms with Gasteiger partial charge in [-0.25, -0.2) is 38.9 Å². The van der Waals surface area contributed by atoms with Crippen LogP contribution >= 0.6 is 11.3 Å². The zero-order valence-corrected chi connectivity index (χ0v) is 24.6. The van der Waals surface area contributed by atoms with Crippen molar-refractivity contribution < 1.29 is 32.9 Å². The summed E-state index contributed by atoms with van der Waals surface area (Å²) in [5.74, 6) is -1.42. The van der Waals surface area contributed by atoms with E-state index in [1.165, 1.54) is 36.9 Å². The summed E-state index contributed by atoms with van der Waals surface area (Å²) in [7, 11) is 1.20. The van der Waals surface area contributed by atoms with Crippen molar-refractivity contribution in [2.24, 2.45) is 0 Å². The van der Waals surface area contributed by atoms with E-state index in [1.54, 1.807) is 20.0 Å². The highest BCUT2D eigenvalue weighted by Crippen LogP contribution is 2.35. The van der Waals surface area contributed by atoms with Crippen LogP contribution in [0, 0.1) is 12.7 Å². The molecule has 0 radical (unpaired) electrons. The number of aromatic nitrogens is 6. The highest BCUT2D eigenvalue weighted by molar-refractivity contribution is 7.21. The molecule has 222 valence electrons. The highest BCUT2D eigenvalue weighted by atomic mass is 32.1. The fourth-order valence-corrected chi connectivity index (χ4v) is 4.86. The minimum atomic E-state index is -0.824. The van der Waals surface area contributed by atoms with Gasteiger partial charge >= 0.3 is 12.1 Å². The molecule has 0 aliphatic carbocycles. The number of thiazole rings is 1. The number of esters is 1. The summed E-state index contributed by atoms with van der Waals surface area (Å²) in [6, 6.07) is 5.09. The number of nitrogens with one attached hydrogen (secondary N) is 1. The number of amides is 1. The molecule has 1 aromatic carbocycles. The Hall–Kier alpha value is -5.05. The zero-order chi connectivity index (χ0) is 30.7. The first-order valence-corrected chi connectivity index (χ1v) is 13.9. The highest BCUT2D eigenvalue weighted by Gasteiger charge is 2.23. The van der Waals surface area contributed by atoms with Gasteiger partial charge in [-0.3, -0.25) is 5.32 Å². The number of anilines is 1. The molecule has 0 bridgehead atoms. The number of carbonyl (C=O) groups excluding carboxylic acids is 2. The Kier molecular flexibility index (Phi) is 8.52. The van der Waals surface area contributed by atoms with E-state index in [9.17, 15) is 9.59 Å². The van der Waals surface area contributed by atoms with Gasteiger partial charge in [0.1, 0.15) is 27.6 Å². The van der Waals surface area contributed by atoms with Crippen molar-refractivity contribution in [1.82, 2.24) is 29.9 Å². The van der Waals surface area contributed by atoms with Crippen molar-refractivity contribution in [2.75, 3.05) is 19.0 Å². The molecule has 1 N–H and O–H groups in total. The minimum absolute atomic E-state index is 0.159. The van der Waals surface area contributed by atoms with Gasteiger partial charge in [-0.15, -0.1) is 0 Å². The molecule has 4 heterocycles. The van der Waals surface area contributed by atoms with Gasteiger partial charge in [0.15, 0.2) is 5.82 Å². The van der Waals surface area contributed by atoms with Gasteiger partial charge in [-0.2, -0.15) is 4.98 Å². The number of hydrogen-bond donors (Lipinski definition) is 1. The van der Waals surface area contributed by atoms with Crippen LogP contribution in [0.3, 0.4) is 0 Å². The van der Waals surface area contributed by atoms with Gasteiger partial charge in [0, 0.05) is 11.6 Å². The van der Waals surface area contributed by atoms with Gasteiger partial charge in [0.25, 0.3) is 5.88 Å². The van der Waals surface area contributed by atoms with Crippen molar-refractivity contribution >= 4 is 50.5 Å². The number of halogens is 1. The van der Waals surface area contributed by atoms with E-state index in [0.29, 0.717) is 38.9 Å². The Bertz CT molecular complexity index is 1820. The van der Waals surface area contributed by atoms with Gasteiger partial charge in [-0.1, -0.05) is 11.3 Å². The lowest BCUT2D eigenvalue weighted by molar-refractivity contribution is 0.0379. The molecule has 0 aliphatic heterocycles. The molecule has 4 aromatic heterocycles. The molecule has 0 spiro atoms. The van der Waals surface area contributed by atoms with E-state index in [-0.39, 0.29) is 17.4 Å². The number of benzene rings is 1. The molecule has 13 nitrogen and oxygen atoms in total. The fraction of sp³-hybridized carbons (Fsp3) is 0.286. The normalized spacial score (nSPS) is 12.5. The monoisotopic (exact) mass is 607 g/mol. The van der Waals surface area contributed by atoms with E-state index in [0.717, 1.165) is 11.1 Å². The lowest BCUT2D eigenvalue weighted by Gasteiger charge is -2.21. The number of aryl methyl sites for hydroxylation is 1. The van der Waals surface area contributed by atoms with Crippen molar-refractivity contribution in [3.8, 4) is 22.3 Å². The molecule has 1 amide bonds. The number of nitrogens with zero attached hydrogens (tertiary/aromatic N) is 6. The van der Waals surface area contributed by atoms with E-state index in [4.69, 9.17) is 14.2 Å². The van der Waals surface area contributed by atoms with Crippen LogP contribution in [0.5, 0.6) is 11.8 Å². The molecule has 43 heavy (non-hydrogen) atoms. The topological polar surface area (TPSA) is 160 Å². The van der Waals surface area contributed by atoms with Crippen LogP contribution in [-0.4, -0.2) is 67.9 Å². The van der Waals surface area contributed by atoms with E-state index in [2.05, 4.69) is 40.0 Å². The maximum absolute atomic E-state index is 15.0. The molecule has 0 aliphatic rings. The van der Waals surface area contributed by atoms with Gasteiger partial charge in [0.2, 0.25) is 11.7 Å². The molecule has 0 unspecified atom stereocenters.